The van der Waals surface area contributed by atoms with Gasteiger partial charge < -0.3 is 10.0 Å². The number of aliphatic hydroxyl groups is 1. The van der Waals surface area contributed by atoms with Gasteiger partial charge >= 0.3 is 0 Å². The molecule has 0 fully saturated rings. The van der Waals surface area contributed by atoms with Gasteiger partial charge in [0.25, 0.3) is 0 Å². The van der Waals surface area contributed by atoms with Crippen LogP contribution >= 0.6 is 12.6 Å². The van der Waals surface area contributed by atoms with Gasteiger partial charge in [0.05, 0.1) is 6.04 Å². The van der Waals surface area contributed by atoms with E-state index >= 15 is 0 Å². The quantitative estimate of drug-likeness (QED) is 0.584. The molecule has 100 valence electrons. The predicted octanol–water partition coefficient (Wildman–Crippen LogP) is 3.13. The fourth-order valence-corrected chi connectivity index (χ4v) is 2.56. The molecule has 0 aliphatic rings. The number of hydrogen-bond acceptors (Lipinski definition) is 3. The maximum absolute atomic E-state index is 9.46. The molecule has 1 N–H and O–H groups in total. The number of hydrogen-bond donors (Lipinski definition) is 2. The van der Waals surface area contributed by atoms with Crippen molar-refractivity contribution in [1.82, 2.24) is 0 Å². The van der Waals surface area contributed by atoms with Gasteiger partial charge in [0.2, 0.25) is 0 Å². The topological polar surface area (TPSA) is 23.5 Å². The second-order valence-electron chi connectivity index (χ2n) is 4.47. The van der Waals surface area contributed by atoms with E-state index < -0.39 is 0 Å². The van der Waals surface area contributed by atoms with Crippen LogP contribution in [0.1, 0.15) is 18.9 Å². The summed E-state index contributed by atoms with van der Waals surface area (Å²) in [6.45, 7) is 6.18. The third-order valence-corrected chi connectivity index (χ3v) is 3.81. The normalized spacial score (nSPS) is 14.0. The number of benzene rings is 1. The van der Waals surface area contributed by atoms with E-state index in [9.17, 15) is 5.11 Å². The average molecular weight is 265 g/mol. The molecule has 0 heterocycles. The van der Waals surface area contributed by atoms with E-state index in [-0.39, 0.29) is 18.6 Å². The van der Waals surface area contributed by atoms with Crippen LogP contribution in [0.4, 0.5) is 5.69 Å². The van der Waals surface area contributed by atoms with E-state index in [0.29, 0.717) is 5.75 Å². The number of aliphatic hydroxyl groups excluding tert-OH is 1. The highest BCUT2D eigenvalue weighted by molar-refractivity contribution is 7.79. The van der Waals surface area contributed by atoms with Gasteiger partial charge in [-0.1, -0.05) is 31.2 Å². The van der Waals surface area contributed by atoms with Crippen molar-refractivity contribution < 1.29 is 5.11 Å². The molecule has 0 bridgehead atoms. The van der Waals surface area contributed by atoms with Crippen LogP contribution in [0.3, 0.4) is 0 Å². The lowest BCUT2D eigenvalue weighted by molar-refractivity contribution is 0.210. The number of para-hydroxylation sites is 1. The smallest absolute Gasteiger partial charge is 0.0517 e. The molecule has 1 aromatic rings. The molecule has 0 aliphatic carbocycles. The van der Waals surface area contributed by atoms with Gasteiger partial charge in [0.1, 0.15) is 0 Å². The van der Waals surface area contributed by atoms with Gasteiger partial charge in [0, 0.05) is 31.0 Å². The zero-order valence-electron chi connectivity index (χ0n) is 11.2. The molecule has 3 heteroatoms. The molecular formula is C15H23NOS. The highest BCUT2D eigenvalue weighted by atomic mass is 32.1. The first kappa shape index (κ1) is 15.1. The molecule has 1 rings (SSSR count). The fraction of sp³-hybridized carbons (Fsp3) is 0.467. The van der Waals surface area contributed by atoms with Gasteiger partial charge in [0.15, 0.2) is 0 Å². The molecule has 2 nitrogen and oxygen atoms in total. The Morgan fingerprint density at radius 3 is 2.61 bits per heavy atom. The zero-order valence-corrected chi connectivity index (χ0v) is 12.1. The Hall–Kier alpha value is -0.930. The summed E-state index contributed by atoms with van der Waals surface area (Å²) in [4.78, 5) is 2.18. The first-order chi connectivity index (χ1) is 8.69. The minimum absolute atomic E-state index is 0.140. The van der Waals surface area contributed by atoms with E-state index in [1.54, 1.807) is 0 Å². The number of nitrogens with zero attached hydrogens (tertiary/aromatic N) is 1. The summed E-state index contributed by atoms with van der Waals surface area (Å²) in [6, 6.07) is 8.36. The van der Waals surface area contributed by atoms with Crippen molar-refractivity contribution in [3.63, 3.8) is 0 Å². The van der Waals surface area contributed by atoms with E-state index in [4.69, 9.17) is 0 Å². The Morgan fingerprint density at radius 1 is 1.44 bits per heavy atom. The lowest BCUT2D eigenvalue weighted by Gasteiger charge is -2.34. The molecule has 0 spiro atoms. The van der Waals surface area contributed by atoms with Gasteiger partial charge in [-0.3, -0.25) is 0 Å². The first-order valence-electron chi connectivity index (χ1n) is 6.34. The minimum atomic E-state index is 0.140. The van der Waals surface area contributed by atoms with Crippen LogP contribution in [-0.2, 0) is 5.75 Å². The first-order valence-corrected chi connectivity index (χ1v) is 6.97. The Balaban J connectivity index is 3.02. The van der Waals surface area contributed by atoms with Crippen molar-refractivity contribution in [2.45, 2.75) is 25.1 Å². The predicted molar refractivity (Wildman–Crippen MR) is 82.4 cm³/mol. The third-order valence-electron chi connectivity index (χ3n) is 3.47. The molecule has 18 heavy (non-hydrogen) atoms. The molecule has 2 unspecified atom stereocenters. The summed E-state index contributed by atoms with van der Waals surface area (Å²) < 4.78 is 0. The third kappa shape index (κ3) is 3.30. The lowest BCUT2D eigenvalue weighted by atomic mass is 9.95. The van der Waals surface area contributed by atoms with Gasteiger partial charge in [-0.05, 0) is 18.1 Å². The molecule has 0 saturated carbocycles. The van der Waals surface area contributed by atoms with Gasteiger partial charge in [-0.2, -0.15) is 12.6 Å². The number of thiol groups is 1. The highest BCUT2D eigenvalue weighted by Gasteiger charge is 2.22. The molecule has 0 radical (unpaired) electrons. The molecule has 0 aliphatic heterocycles. The van der Waals surface area contributed by atoms with Crippen LogP contribution in [0.25, 0.3) is 0 Å². The maximum atomic E-state index is 9.46. The lowest BCUT2D eigenvalue weighted by Crippen LogP contribution is -2.38. The summed E-state index contributed by atoms with van der Waals surface area (Å²) >= 11 is 4.37. The summed E-state index contributed by atoms with van der Waals surface area (Å²) in [7, 11) is 2.05. The monoisotopic (exact) mass is 265 g/mol. The zero-order chi connectivity index (χ0) is 13.5. The summed E-state index contributed by atoms with van der Waals surface area (Å²) in [5, 5.41) is 9.46. The molecule has 1 aromatic carbocycles. The number of likely N-dealkylation sites (N-methyl/N-ethyl adjacent to an activating group) is 1. The summed E-state index contributed by atoms with van der Waals surface area (Å²) in [5.41, 5.74) is 2.35. The van der Waals surface area contributed by atoms with Crippen LogP contribution in [0.15, 0.2) is 36.9 Å². The van der Waals surface area contributed by atoms with E-state index in [1.807, 2.05) is 25.3 Å². The van der Waals surface area contributed by atoms with Crippen molar-refractivity contribution in [1.29, 1.82) is 0 Å². The second kappa shape index (κ2) is 7.49. The molecular weight excluding hydrogens is 242 g/mol. The van der Waals surface area contributed by atoms with Crippen LogP contribution in [0.5, 0.6) is 0 Å². The Bertz CT molecular complexity index is 377. The van der Waals surface area contributed by atoms with E-state index in [1.165, 1.54) is 5.56 Å². The van der Waals surface area contributed by atoms with Gasteiger partial charge in [-0.25, -0.2) is 0 Å². The molecule has 0 saturated heterocycles. The standard InChI is InChI=1S/C15H23NOS/c1-4-12(10-17)14(5-2)16(3)15-9-7-6-8-13(15)11-18/h5-9,12,14,17-18H,2,4,10-11H2,1,3H3. The van der Waals surface area contributed by atoms with Crippen molar-refractivity contribution in [2.75, 3.05) is 18.6 Å². The Morgan fingerprint density at radius 2 is 2.11 bits per heavy atom. The van der Waals surface area contributed by atoms with Crippen molar-refractivity contribution >= 4 is 18.3 Å². The van der Waals surface area contributed by atoms with Crippen molar-refractivity contribution in [2.24, 2.45) is 5.92 Å². The number of anilines is 1. The average Bonchev–Trinajstić information content (AvgIpc) is 2.43. The van der Waals surface area contributed by atoms with E-state index in [2.05, 4.69) is 43.2 Å². The van der Waals surface area contributed by atoms with Crippen molar-refractivity contribution in [3.05, 3.63) is 42.5 Å². The van der Waals surface area contributed by atoms with E-state index in [0.717, 1.165) is 12.1 Å². The summed E-state index contributed by atoms with van der Waals surface area (Å²) in [6.07, 6.45) is 2.85. The van der Waals surface area contributed by atoms with Crippen molar-refractivity contribution in [3.8, 4) is 0 Å². The highest BCUT2D eigenvalue weighted by Crippen LogP contribution is 2.26. The maximum Gasteiger partial charge on any atom is 0.0517 e. The Labute approximate surface area is 116 Å². The largest absolute Gasteiger partial charge is 0.396 e. The summed E-state index contributed by atoms with van der Waals surface area (Å²) in [5.74, 6) is 0.917. The SMILES string of the molecule is C=CC(C(CC)CO)N(C)c1ccccc1CS. The fourth-order valence-electron chi connectivity index (χ4n) is 2.29. The second-order valence-corrected chi connectivity index (χ2v) is 4.79. The Kier molecular flexibility index (Phi) is 6.30. The van der Waals surface area contributed by atoms with Crippen LogP contribution in [0, 0.1) is 5.92 Å². The molecule has 2 atom stereocenters. The number of rotatable bonds is 7. The minimum Gasteiger partial charge on any atom is -0.396 e. The van der Waals surface area contributed by atoms with Gasteiger partial charge in [-0.15, -0.1) is 6.58 Å². The van der Waals surface area contributed by atoms with Crippen LogP contribution < -0.4 is 4.90 Å². The molecule has 0 amide bonds. The van der Waals surface area contributed by atoms with Crippen LogP contribution in [-0.4, -0.2) is 24.8 Å². The van der Waals surface area contributed by atoms with Crippen LogP contribution in [0.2, 0.25) is 0 Å². The molecule has 0 aromatic heterocycles.